The topological polar surface area (TPSA) is 3.01 Å². The average Bonchev–Trinajstić information content (AvgIpc) is 2.73. The molecule has 2 aromatic carbocycles. The number of hydrogen-bond donors (Lipinski definition) is 0. The van der Waals surface area contributed by atoms with Gasteiger partial charge in [0.2, 0.25) is 5.69 Å². The molecule has 0 bridgehead atoms. The molecule has 0 saturated carbocycles. The van der Waals surface area contributed by atoms with Crippen LogP contribution in [0, 0.1) is 0 Å². The van der Waals surface area contributed by atoms with Crippen molar-refractivity contribution in [2.45, 2.75) is 91.9 Å². The van der Waals surface area contributed by atoms with E-state index >= 15 is 0 Å². The van der Waals surface area contributed by atoms with Crippen LogP contribution in [-0.2, 0) is 6.42 Å². The molecule has 0 amide bonds. The van der Waals surface area contributed by atoms with Gasteiger partial charge in [0.15, 0.2) is 12.1 Å². The Kier molecular flexibility index (Phi) is 7.39. The zero-order valence-corrected chi connectivity index (χ0v) is 20.8. The highest BCUT2D eigenvalue weighted by atomic mass is 15.0. The smallest absolute Gasteiger partial charge is 0.118 e. The van der Waals surface area contributed by atoms with Crippen molar-refractivity contribution in [2.24, 2.45) is 0 Å². The van der Waals surface area contributed by atoms with Crippen molar-refractivity contribution in [3.05, 3.63) is 82.1 Å². The molecule has 1 heteroatoms. The van der Waals surface area contributed by atoms with Gasteiger partial charge in [0.05, 0.1) is 0 Å². The van der Waals surface area contributed by atoms with Crippen LogP contribution in [-0.4, -0.2) is 10.4 Å². The molecule has 0 atom stereocenters. The standard InChI is InChI=1S/C30H40N/c1-20(2)25-13-9-14-26(21(3)4)29(25)18-24-12-11-17-31(19-24)30-27(22(5)6)15-10-16-28(30)23(7)8/h9-11,13-17,20-23H,12,18H2,1-8H3/q+1. The van der Waals surface area contributed by atoms with Crippen LogP contribution in [0.5, 0.6) is 0 Å². The summed E-state index contributed by atoms with van der Waals surface area (Å²) < 4.78 is 2.27. The third kappa shape index (κ3) is 5.10. The van der Waals surface area contributed by atoms with E-state index in [2.05, 4.69) is 115 Å². The Labute approximate surface area is 190 Å². The van der Waals surface area contributed by atoms with E-state index in [1.165, 1.54) is 39.1 Å². The highest BCUT2D eigenvalue weighted by Gasteiger charge is 2.24. The van der Waals surface area contributed by atoms with Crippen LogP contribution in [0.4, 0.5) is 5.69 Å². The van der Waals surface area contributed by atoms with E-state index in [1.54, 1.807) is 0 Å². The fourth-order valence-corrected chi connectivity index (χ4v) is 4.71. The first-order valence-electron chi connectivity index (χ1n) is 12.0. The van der Waals surface area contributed by atoms with Crippen LogP contribution < -0.4 is 0 Å². The lowest BCUT2D eigenvalue weighted by molar-refractivity contribution is -0.355. The first-order valence-corrected chi connectivity index (χ1v) is 12.0. The predicted octanol–water partition coefficient (Wildman–Crippen LogP) is 8.58. The Balaban J connectivity index is 2.17. The molecule has 1 aliphatic heterocycles. The average molecular weight is 415 g/mol. The Morgan fingerprint density at radius 1 is 0.710 bits per heavy atom. The van der Waals surface area contributed by atoms with Crippen LogP contribution in [0.3, 0.4) is 0 Å². The van der Waals surface area contributed by atoms with E-state index in [1.807, 2.05) is 0 Å². The minimum absolute atomic E-state index is 0.475. The van der Waals surface area contributed by atoms with Crippen molar-refractivity contribution < 1.29 is 4.58 Å². The fraction of sp³-hybridized carbons (Fsp3) is 0.467. The summed E-state index contributed by atoms with van der Waals surface area (Å²) in [6.45, 7) is 18.4. The Bertz CT molecular complexity index is 972. The van der Waals surface area contributed by atoms with Crippen molar-refractivity contribution in [1.29, 1.82) is 0 Å². The second-order valence-corrected chi connectivity index (χ2v) is 10.2. The van der Waals surface area contributed by atoms with E-state index in [9.17, 15) is 0 Å². The SMILES string of the molecule is CC(C)c1cccc(C(C)C)c1CC1=C=[N+](c2c(C(C)C)cccc2C(C)C)C=CC1. The van der Waals surface area contributed by atoms with Gasteiger partial charge >= 0.3 is 0 Å². The number of rotatable bonds is 7. The van der Waals surface area contributed by atoms with E-state index < -0.39 is 0 Å². The highest BCUT2D eigenvalue weighted by Crippen LogP contribution is 2.35. The molecule has 0 N–H and O–H groups in total. The van der Waals surface area contributed by atoms with E-state index in [0.29, 0.717) is 23.7 Å². The summed E-state index contributed by atoms with van der Waals surface area (Å²) in [5, 5.41) is 0. The van der Waals surface area contributed by atoms with Gasteiger partial charge in [-0.3, -0.25) is 0 Å². The molecule has 0 spiro atoms. The lowest BCUT2D eigenvalue weighted by Crippen LogP contribution is -2.11. The fourth-order valence-electron chi connectivity index (χ4n) is 4.71. The minimum Gasteiger partial charge on any atom is -0.118 e. The van der Waals surface area contributed by atoms with Gasteiger partial charge in [-0.15, -0.1) is 4.58 Å². The van der Waals surface area contributed by atoms with Crippen molar-refractivity contribution in [1.82, 2.24) is 0 Å². The predicted molar refractivity (Wildman–Crippen MR) is 135 cm³/mol. The van der Waals surface area contributed by atoms with Crippen LogP contribution in [0.15, 0.2) is 54.2 Å². The normalized spacial score (nSPS) is 14.1. The molecule has 1 aliphatic rings. The molecule has 0 aromatic heterocycles. The van der Waals surface area contributed by atoms with Crippen molar-refractivity contribution >= 4 is 11.6 Å². The van der Waals surface area contributed by atoms with Gasteiger partial charge < -0.3 is 0 Å². The van der Waals surface area contributed by atoms with Gasteiger partial charge in [-0.25, -0.2) is 0 Å². The summed E-state index contributed by atoms with van der Waals surface area (Å²) >= 11 is 0. The zero-order chi connectivity index (χ0) is 22.7. The Morgan fingerprint density at radius 3 is 1.61 bits per heavy atom. The van der Waals surface area contributed by atoms with Gasteiger partial charge in [-0.05, 0) is 46.4 Å². The van der Waals surface area contributed by atoms with Crippen molar-refractivity contribution in [2.75, 3.05) is 0 Å². The summed E-state index contributed by atoms with van der Waals surface area (Å²) in [5.41, 5.74) is 9.95. The molecular weight excluding hydrogens is 374 g/mol. The highest BCUT2D eigenvalue weighted by molar-refractivity contribution is 5.62. The maximum absolute atomic E-state index is 3.80. The van der Waals surface area contributed by atoms with Gasteiger partial charge in [0.25, 0.3) is 0 Å². The van der Waals surface area contributed by atoms with Crippen LogP contribution in [0.1, 0.15) is 113 Å². The molecule has 1 heterocycles. The summed E-state index contributed by atoms with van der Waals surface area (Å²) in [6, 6.07) is 13.6. The summed E-state index contributed by atoms with van der Waals surface area (Å²) in [6.07, 6.45) is 6.47. The second kappa shape index (κ2) is 9.84. The number of para-hydroxylation sites is 1. The van der Waals surface area contributed by atoms with Crippen molar-refractivity contribution in [3.63, 3.8) is 0 Å². The zero-order valence-electron chi connectivity index (χ0n) is 20.8. The van der Waals surface area contributed by atoms with E-state index in [4.69, 9.17) is 0 Å². The van der Waals surface area contributed by atoms with Crippen LogP contribution in [0.25, 0.3) is 0 Å². The van der Waals surface area contributed by atoms with Gasteiger partial charge in [0, 0.05) is 29.5 Å². The van der Waals surface area contributed by atoms with Gasteiger partial charge in [0.1, 0.15) is 0 Å². The van der Waals surface area contributed by atoms with Crippen molar-refractivity contribution in [3.8, 4) is 0 Å². The molecule has 0 unspecified atom stereocenters. The van der Waals surface area contributed by atoms with Crippen LogP contribution >= 0.6 is 0 Å². The molecular formula is C30H40N+. The number of hydrogen-bond acceptors (Lipinski definition) is 0. The summed E-state index contributed by atoms with van der Waals surface area (Å²) in [5.74, 6) is 5.81. The number of nitrogens with zero attached hydrogens (tertiary/aromatic N) is 1. The molecule has 0 saturated heterocycles. The second-order valence-electron chi connectivity index (χ2n) is 10.2. The Hall–Kier alpha value is -2.37. The molecule has 2 aromatic rings. The van der Waals surface area contributed by atoms with E-state index in [0.717, 1.165) is 12.8 Å². The Morgan fingerprint density at radius 2 is 1.16 bits per heavy atom. The quantitative estimate of drug-likeness (QED) is 0.399. The maximum Gasteiger partial charge on any atom is 0.227 e. The first kappa shape index (κ1) is 23.3. The summed E-state index contributed by atoms with van der Waals surface area (Å²) in [4.78, 5) is 0. The van der Waals surface area contributed by atoms with E-state index in [-0.39, 0.29) is 0 Å². The summed E-state index contributed by atoms with van der Waals surface area (Å²) in [7, 11) is 0. The van der Waals surface area contributed by atoms with Crippen LogP contribution in [0.2, 0.25) is 0 Å². The monoisotopic (exact) mass is 414 g/mol. The first-order chi connectivity index (χ1) is 14.7. The third-order valence-electron chi connectivity index (χ3n) is 6.36. The molecule has 164 valence electrons. The number of allylic oxidation sites excluding steroid dienone is 2. The lowest BCUT2D eigenvalue weighted by atomic mass is 9.85. The molecule has 1 nitrogen and oxygen atoms in total. The lowest BCUT2D eigenvalue weighted by Gasteiger charge is -2.20. The maximum atomic E-state index is 3.80. The third-order valence-corrected chi connectivity index (χ3v) is 6.36. The van der Waals surface area contributed by atoms with Gasteiger partial charge in [-0.1, -0.05) is 91.8 Å². The largest absolute Gasteiger partial charge is 0.227 e. The molecule has 31 heavy (non-hydrogen) atoms. The molecule has 0 aliphatic carbocycles. The molecule has 0 fully saturated rings. The molecule has 0 radical (unpaired) electrons. The van der Waals surface area contributed by atoms with Gasteiger partial charge in [-0.2, -0.15) is 0 Å². The number of benzene rings is 2. The minimum atomic E-state index is 0.475. The molecule has 3 rings (SSSR count).